The molecule has 1 rings (SSSR count). The number of unbranched alkanes of at least 4 members (excludes halogenated alkanes) is 2. The van der Waals surface area contributed by atoms with Crippen LogP contribution in [0.5, 0.6) is 0 Å². The van der Waals surface area contributed by atoms with E-state index in [2.05, 4.69) is 40.8 Å². The standard InChI is InChI=1S/C13H23N5O/c1-4-5-6-9-18(10(2)3)13-15-8-7-11(16-13)12(14)17-19/h7-8,10,19H,4-6,9H2,1-3H3,(H2,14,17). The van der Waals surface area contributed by atoms with E-state index >= 15 is 0 Å². The zero-order chi connectivity index (χ0) is 14.3. The van der Waals surface area contributed by atoms with Gasteiger partial charge in [0.1, 0.15) is 5.69 Å². The quantitative estimate of drug-likeness (QED) is 0.259. The van der Waals surface area contributed by atoms with Gasteiger partial charge < -0.3 is 15.8 Å². The first-order valence-corrected chi connectivity index (χ1v) is 6.67. The molecule has 1 heterocycles. The van der Waals surface area contributed by atoms with Gasteiger partial charge in [-0.3, -0.25) is 0 Å². The molecule has 3 N–H and O–H groups in total. The minimum absolute atomic E-state index is 0.000847. The van der Waals surface area contributed by atoms with Crippen LogP contribution in [0.1, 0.15) is 45.7 Å². The largest absolute Gasteiger partial charge is 0.409 e. The summed E-state index contributed by atoms with van der Waals surface area (Å²) in [5, 5.41) is 11.7. The van der Waals surface area contributed by atoms with Gasteiger partial charge in [-0.25, -0.2) is 9.97 Å². The molecule has 19 heavy (non-hydrogen) atoms. The average molecular weight is 265 g/mol. The van der Waals surface area contributed by atoms with E-state index in [0.717, 1.165) is 13.0 Å². The monoisotopic (exact) mass is 265 g/mol. The smallest absolute Gasteiger partial charge is 0.226 e. The molecule has 0 bridgehead atoms. The van der Waals surface area contributed by atoms with E-state index in [1.165, 1.54) is 12.8 Å². The van der Waals surface area contributed by atoms with Crippen molar-refractivity contribution in [2.75, 3.05) is 11.4 Å². The maximum absolute atomic E-state index is 8.69. The SMILES string of the molecule is CCCCCN(c1nccc(/C(N)=N/O)n1)C(C)C. The first-order valence-electron chi connectivity index (χ1n) is 6.67. The van der Waals surface area contributed by atoms with Gasteiger partial charge in [-0.1, -0.05) is 24.9 Å². The molecule has 0 saturated carbocycles. The fraction of sp³-hybridized carbons (Fsp3) is 0.615. The minimum Gasteiger partial charge on any atom is -0.409 e. The molecule has 0 aliphatic heterocycles. The number of nitrogens with two attached hydrogens (primary N) is 1. The molecule has 0 amide bonds. The van der Waals surface area contributed by atoms with E-state index in [9.17, 15) is 0 Å². The second-order valence-corrected chi connectivity index (χ2v) is 4.72. The van der Waals surface area contributed by atoms with Crippen LogP contribution in [0.2, 0.25) is 0 Å². The Balaban J connectivity index is 2.90. The number of hydrogen-bond donors (Lipinski definition) is 2. The number of anilines is 1. The fourth-order valence-electron chi connectivity index (χ4n) is 1.80. The summed E-state index contributed by atoms with van der Waals surface area (Å²) in [6.07, 6.45) is 5.09. The van der Waals surface area contributed by atoms with Crippen LogP contribution in [0.25, 0.3) is 0 Å². The lowest BCUT2D eigenvalue weighted by Crippen LogP contribution is -2.34. The van der Waals surface area contributed by atoms with Crippen LogP contribution >= 0.6 is 0 Å². The van der Waals surface area contributed by atoms with E-state index in [4.69, 9.17) is 10.9 Å². The highest BCUT2D eigenvalue weighted by atomic mass is 16.4. The Bertz CT molecular complexity index is 419. The van der Waals surface area contributed by atoms with Crippen LogP contribution in [-0.2, 0) is 0 Å². The molecule has 6 heteroatoms. The molecule has 0 fully saturated rings. The zero-order valence-electron chi connectivity index (χ0n) is 11.9. The second-order valence-electron chi connectivity index (χ2n) is 4.72. The van der Waals surface area contributed by atoms with E-state index in [-0.39, 0.29) is 5.84 Å². The van der Waals surface area contributed by atoms with Crippen LogP contribution in [0, 0.1) is 0 Å². The van der Waals surface area contributed by atoms with Gasteiger partial charge in [0.05, 0.1) is 0 Å². The number of aromatic nitrogens is 2. The summed E-state index contributed by atoms with van der Waals surface area (Å²) >= 11 is 0. The summed E-state index contributed by atoms with van der Waals surface area (Å²) in [5.74, 6) is 0.621. The molecule has 0 aliphatic carbocycles. The van der Waals surface area contributed by atoms with Gasteiger partial charge in [0, 0.05) is 18.8 Å². The van der Waals surface area contributed by atoms with Crippen molar-refractivity contribution in [2.24, 2.45) is 10.9 Å². The van der Waals surface area contributed by atoms with Crippen molar-refractivity contribution in [3.05, 3.63) is 18.0 Å². The van der Waals surface area contributed by atoms with E-state index in [1.54, 1.807) is 12.3 Å². The maximum Gasteiger partial charge on any atom is 0.226 e. The lowest BCUT2D eigenvalue weighted by molar-refractivity contribution is 0.318. The third-order valence-corrected chi connectivity index (χ3v) is 2.90. The lowest BCUT2D eigenvalue weighted by atomic mass is 10.2. The fourth-order valence-corrected chi connectivity index (χ4v) is 1.80. The molecule has 0 unspecified atom stereocenters. The van der Waals surface area contributed by atoms with Crippen molar-refractivity contribution in [1.82, 2.24) is 9.97 Å². The number of hydrogen-bond acceptors (Lipinski definition) is 5. The Morgan fingerprint density at radius 3 is 2.79 bits per heavy atom. The third kappa shape index (κ3) is 4.39. The van der Waals surface area contributed by atoms with Crippen molar-refractivity contribution >= 4 is 11.8 Å². The van der Waals surface area contributed by atoms with Gasteiger partial charge in [0.25, 0.3) is 0 Å². The van der Waals surface area contributed by atoms with Crippen LogP contribution < -0.4 is 10.6 Å². The molecule has 1 aromatic rings. The molecule has 1 aromatic heterocycles. The molecule has 0 aliphatic rings. The summed E-state index contributed by atoms with van der Waals surface area (Å²) < 4.78 is 0. The first kappa shape index (κ1) is 15.2. The summed E-state index contributed by atoms with van der Waals surface area (Å²) in [6, 6.07) is 1.93. The number of oxime groups is 1. The minimum atomic E-state index is 0.000847. The Morgan fingerprint density at radius 1 is 1.47 bits per heavy atom. The summed E-state index contributed by atoms with van der Waals surface area (Å²) in [5.41, 5.74) is 5.99. The molecule has 0 aromatic carbocycles. The van der Waals surface area contributed by atoms with E-state index in [1.807, 2.05) is 0 Å². The number of amidine groups is 1. The molecule has 106 valence electrons. The van der Waals surface area contributed by atoms with Gasteiger partial charge >= 0.3 is 0 Å². The average Bonchev–Trinajstić information content (AvgIpc) is 2.42. The van der Waals surface area contributed by atoms with Crippen LogP contribution in [0.4, 0.5) is 5.95 Å². The van der Waals surface area contributed by atoms with Gasteiger partial charge in [0.15, 0.2) is 5.84 Å². The van der Waals surface area contributed by atoms with Gasteiger partial charge in [-0.15, -0.1) is 0 Å². The van der Waals surface area contributed by atoms with Crippen molar-refractivity contribution in [3.8, 4) is 0 Å². The van der Waals surface area contributed by atoms with Gasteiger partial charge in [-0.2, -0.15) is 0 Å². The van der Waals surface area contributed by atoms with Crippen molar-refractivity contribution in [1.29, 1.82) is 0 Å². The highest BCUT2D eigenvalue weighted by Crippen LogP contribution is 2.13. The molecule has 0 spiro atoms. The van der Waals surface area contributed by atoms with Gasteiger partial charge in [-0.05, 0) is 26.3 Å². The zero-order valence-corrected chi connectivity index (χ0v) is 11.9. The van der Waals surface area contributed by atoms with E-state index in [0.29, 0.717) is 17.7 Å². The first-order chi connectivity index (χ1) is 9.10. The topological polar surface area (TPSA) is 87.6 Å². The number of nitrogens with zero attached hydrogens (tertiary/aromatic N) is 4. The molecule has 0 saturated heterocycles. The second kappa shape index (κ2) is 7.56. The van der Waals surface area contributed by atoms with Gasteiger partial charge in [0.2, 0.25) is 5.95 Å². The van der Waals surface area contributed by atoms with Crippen LogP contribution in [0.15, 0.2) is 17.4 Å². The van der Waals surface area contributed by atoms with Crippen LogP contribution in [0.3, 0.4) is 0 Å². The Morgan fingerprint density at radius 2 is 2.21 bits per heavy atom. The summed E-state index contributed by atoms with van der Waals surface area (Å²) in [6.45, 7) is 7.29. The normalized spacial score (nSPS) is 11.9. The van der Waals surface area contributed by atoms with E-state index < -0.39 is 0 Å². The molecule has 6 nitrogen and oxygen atoms in total. The Kier molecular flexibility index (Phi) is 6.05. The Hall–Kier alpha value is -1.85. The predicted octanol–water partition coefficient (Wildman–Crippen LogP) is 1.98. The molecular weight excluding hydrogens is 242 g/mol. The summed E-state index contributed by atoms with van der Waals surface area (Å²) in [4.78, 5) is 10.8. The van der Waals surface area contributed by atoms with Crippen molar-refractivity contribution in [3.63, 3.8) is 0 Å². The van der Waals surface area contributed by atoms with Crippen molar-refractivity contribution in [2.45, 2.75) is 46.1 Å². The lowest BCUT2D eigenvalue weighted by Gasteiger charge is -2.26. The third-order valence-electron chi connectivity index (χ3n) is 2.90. The summed E-state index contributed by atoms with van der Waals surface area (Å²) in [7, 11) is 0. The molecular formula is C13H23N5O. The maximum atomic E-state index is 8.69. The van der Waals surface area contributed by atoms with Crippen molar-refractivity contribution < 1.29 is 5.21 Å². The molecule has 0 radical (unpaired) electrons. The predicted molar refractivity (Wildman–Crippen MR) is 76.5 cm³/mol. The Labute approximate surface area is 114 Å². The highest BCUT2D eigenvalue weighted by molar-refractivity contribution is 5.95. The van der Waals surface area contributed by atoms with Crippen LogP contribution in [-0.4, -0.2) is 33.6 Å². The molecule has 0 atom stereocenters. The highest BCUT2D eigenvalue weighted by Gasteiger charge is 2.14. The number of rotatable bonds is 7.